The summed E-state index contributed by atoms with van der Waals surface area (Å²) < 4.78 is 23.5. The summed E-state index contributed by atoms with van der Waals surface area (Å²) in [6.07, 6.45) is 4.03. The number of fused-ring (bicyclic) bond motifs is 1. The van der Waals surface area contributed by atoms with E-state index in [0.29, 0.717) is 22.8 Å². The maximum Gasteiger partial charge on any atom is 0.338 e. The van der Waals surface area contributed by atoms with E-state index in [9.17, 15) is 4.79 Å². The molecule has 0 spiro atoms. The molecule has 0 bridgehead atoms. The Morgan fingerprint density at radius 3 is 2.20 bits per heavy atom. The maximum atomic E-state index is 12.0. The third kappa shape index (κ3) is 3.43. The summed E-state index contributed by atoms with van der Waals surface area (Å²) >= 11 is 0. The van der Waals surface area contributed by atoms with E-state index in [2.05, 4.69) is 24.5 Å². The van der Waals surface area contributed by atoms with Crippen molar-refractivity contribution in [2.24, 2.45) is 0 Å². The van der Waals surface area contributed by atoms with Crippen LogP contribution < -0.4 is 14.2 Å². The van der Waals surface area contributed by atoms with Crippen LogP contribution in [0.15, 0.2) is 36.4 Å². The van der Waals surface area contributed by atoms with Gasteiger partial charge < -0.3 is 18.9 Å². The highest BCUT2D eigenvalue weighted by Crippen LogP contribution is 2.42. The van der Waals surface area contributed by atoms with Gasteiger partial charge in [-0.1, -0.05) is 6.07 Å². The van der Waals surface area contributed by atoms with Gasteiger partial charge in [0.05, 0.1) is 45.0 Å². The molecule has 1 heterocycles. The highest BCUT2D eigenvalue weighted by molar-refractivity contribution is 6.06. The standard InChI is InChI=1S/C24H28NO5/c1-24(2)17-10-8-15(23(26)30-7)14-18(17)25(3)21(24)13-9-16-19(27-4)11-12-20(28-5)22(16)29-6/h8-14H,1-7H3/q+1/b13-9+. The number of hydrogen-bond donors (Lipinski definition) is 0. The third-order valence-corrected chi connectivity index (χ3v) is 5.63. The number of benzene rings is 2. The molecule has 0 fully saturated rings. The summed E-state index contributed by atoms with van der Waals surface area (Å²) in [6, 6.07) is 9.34. The first-order chi connectivity index (χ1) is 14.3. The molecule has 1 aliphatic heterocycles. The molecule has 1 aliphatic rings. The molecule has 6 nitrogen and oxygen atoms in total. The van der Waals surface area contributed by atoms with Crippen LogP contribution in [0.3, 0.4) is 0 Å². The van der Waals surface area contributed by atoms with Gasteiger partial charge in [-0.05, 0) is 38.1 Å². The fraction of sp³-hybridized carbons (Fsp3) is 0.333. The van der Waals surface area contributed by atoms with Crippen LogP contribution in [0.25, 0.3) is 6.08 Å². The van der Waals surface area contributed by atoms with Gasteiger partial charge in [0.2, 0.25) is 5.69 Å². The molecule has 2 aromatic carbocycles. The van der Waals surface area contributed by atoms with E-state index < -0.39 is 0 Å². The van der Waals surface area contributed by atoms with E-state index in [0.717, 1.165) is 22.5 Å². The van der Waals surface area contributed by atoms with Gasteiger partial charge in [-0.3, -0.25) is 0 Å². The first-order valence-corrected chi connectivity index (χ1v) is 9.61. The zero-order chi connectivity index (χ0) is 22.1. The topological polar surface area (TPSA) is 57.0 Å². The molecule has 0 radical (unpaired) electrons. The van der Waals surface area contributed by atoms with Crippen molar-refractivity contribution in [1.29, 1.82) is 0 Å². The molecule has 30 heavy (non-hydrogen) atoms. The monoisotopic (exact) mass is 410 g/mol. The van der Waals surface area contributed by atoms with E-state index >= 15 is 0 Å². The molecule has 2 aromatic rings. The SMILES string of the molecule is COC(=O)c1ccc2c(c1)[N+](C)=C(/C=C/c1c(OC)ccc(OC)c1OC)C2(C)C. The maximum absolute atomic E-state index is 12.0. The number of esters is 1. The molecule has 0 amide bonds. The lowest BCUT2D eigenvalue weighted by Gasteiger charge is -2.16. The lowest BCUT2D eigenvalue weighted by atomic mass is 9.81. The summed E-state index contributed by atoms with van der Waals surface area (Å²) in [6.45, 7) is 4.32. The van der Waals surface area contributed by atoms with Gasteiger partial charge in [0.1, 0.15) is 12.8 Å². The predicted octanol–water partition coefficient (Wildman–Crippen LogP) is 4.22. The highest BCUT2D eigenvalue weighted by atomic mass is 16.5. The van der Waals surface area contributed by atoms with Gasteiger partial charge in [-0.2, -0.15) is 4.58 Å². The largest absolute Gasteiger partial charge is 0.496 e. The van der Waals surface area contributed by atoms with Crippen LogP contribution in [0.2, 0.25) is 0 Å². The number of carbonyl (C=O) groups is 1. The molecular formula is C24H28NO5+. The van der Waals surface area contributed by atoms with E-state index in [1.807, 2.05) is 37.4 Å². The lowest BCUT2D eigenvalue weighted by molar-refractivity contribution is -0.401. The smallest absolute Gasteiger partial charge is 0.338 e. The number of carbonyl (C=O) groups excluding carboxylic acids is 1. The van der Waals surface area contributed by atoms with Crippen LogP contribution in [-0.2, 0) is 10.2 Å². The number of hydrogen-bond acceptors (Lipinski definition) is 5. The molecule has 0 saturated carbocycles. The third-order valence-electron chi connectivity index (χ3n) is 5.63. The molecule has 0 aromatic heterocycles. The quantitative estimate of drug-likeness (QED) is 0.527. The zero-order valence-electron chi connectivity index (χ0n) is 18.5. The molecule has 6 heteroatoms. The highest BCUT2D eigenvalue weighted by Gasteiger charge is 2.43. The Balaban J connectivity index is 2.11. The van der Waals surface area contributed by atoms with Gasteiger partial charge in [0, 0.05) is 17.7 Å². The second kappa shape index (κ2) is 8.22. The van der Waals surface area contributed by atoms with Crippen LogP contribution in [0.5, 0.6) is 17.2 Å². The van der Waals surface area contributed by atoms with Gasteiger partial charge >= 0.3 is 5.97 Å². The van der Waals surface area contributed by atoms with E-state index in [1.54, 1.807) is 27.4 Å². The first-order valence-electron chi connectivity index (χ1n) is 9.61. The number of methoxy groups -OCH3 is 4. The van der Waals surface area contributed by atoms with Gasteiger partial charge in [0.15, 0.2) is 17.2 Å². The molecule has 3 rings (SSSR count). The summed E-state index contributed by atoms with van der Waals surface area (Å²) in [4.78, 5) is 12.0. The first kappa shape index (κ1) is 21.4. The van der Waals surface area contributed by atoms with E-state index in [1.165, 1.54) is 7.11 Å². The van der Waals surface area contributed by atoms with Crippen LogP contribution in [-0.4, -0.2) is 51.7 Å². The van der Waals surface area contributed by atoms with Gasteiger partial charge in [-0.15, -0.1) is 0 Å². The average Bonchev–Trinajstić information content (AvgIpc) is 2.95. The van der Waals surface area contributed by atoms with Gasteiger partial charge in [0.25, 0.3) is 0 Å². The Labute approximate surface area is 177 Å². The van der Waals surface area contributed by atoms with Crippen molar-refractivity contribution in [2.75, 3.05) is 35.5 Å². The predicted molar refractivity (Wildman–Crippen MR) is 117 cm³/mol. The summed E-state index contributed by atoms with van der Waals surface area (Å²) in [7, 11) is 8.22. The summed E-state index contributed by atoms with van der Waals surface area (Å²) in [5.74, 6) is 1.58. The summed E-state index contributed by atoms with van der Waals surface area (Å²) in [5, 5.41) is 0. The Hall–Kier alpha value is -3.28. The molecule has 158 valence electrons. The van der Waals surface area contributed by atoms with Crippen molar-refractivity contribution >= 4 is 23.4 Å². The fourth-order valence-electron chi connectivity index (χ4n) is 4.02. The van der Waals surface area contributed by atoms with Crippen molar-refractivity contribution in [2.45, 2.75) is 19.3 Å². The minimum Gasteiger partial charge on any atom is -0.496 e. The summed E-state index contributed by atoms with van der Waals surface area (Å²) in [5.41, 5.74) is 4.26. The van der Waals surface area contributed by atoms with Gasteiger partial charge in [-0.25, -0.2) is 4.79 Å². The second-order valence-electron chi connectivity index (χ2n) is 7.54. The van der Waals surface area contributed by atoms with Crippen molar-refractivity contribution < 1.29 is 28.3 Å². The molecule has 0 N–H and O–H groups in total. The number of nitrogens with zero attached hydrogens (tertiary/aromatic N) is 1. The van der Waals surface area contributed by atoms with Crippen molar-refractivity contribution in [3.63, 3.8) is 0 Å². The number of allylic oxidation sites excluding steroid dienone is 1. The molecule has 0 atom stereocenters. The van der Waals surface area contributed by atoms with E-state index in [4.69, 9.17) is 18.9 Å². The Bertz CT molecular complexity index is 1050. The Morgan fingerprint density at radius 1 is 0.933 bits per heavy atom. The van der Waals surface area contributed by atoms with Crippen molar-refractivity contribution in [3.05, 3.63) is 53.1 Å². The molecule has 0 aliphatic carbocycles. The normalized spacial score (nSPS) is 14.6. The van der Waals surface area contributed by atoms with Crippen molar-refractivity contribution in [3.8, 4) is 17.2 Å². The number of ether oxygens (including phenoxy) is 4. The minimum absolute atomic E-state index is 0.255. The average molecular weight is 410 g/mol. The van der Waals surface area contributed by atoms with Crippen LogP contribution in [0, 0.1) is 0 Å². The van der Waals surface area contributed by atoms with Crippen LogP contribution in [0.4, 0.5) is 5.69 Å². The Kier molecular flexibility index (Phi) is 5.87. The Morgan fingerprint density at radius 2 is 1.60 bits per heavy atom. The number of rotatable bonds is 6. The minimum atomic E-state index is -0.348. The second-order valence-corrected chi connectivity index (χ2v) is 7.54. The van der Waals surface area contributed by atoms with Crippen LogP contribution in [0.1, 0.15) is 35.3 Å². The lowest BCUT2D eigenvalue weighted by Crippen LogP contribution is -2.26. The van der Waals surface area contributed by atoms with Crippen LogP contribution >= 0.6 is 0 Å². The van der Waals surface area contributed by atoms with E-state index in [-0.39, 0.29) is 11.4 Å². The van der Waals surface area contributed by atoms with Crippen molar-refractivity contribution in [1.82, 2.24) is 0 Å². The zero-order valence-corrected chi connectivity index (χ0v) is 18.5. The molecule has 0 saturated heterocycles. The molecular weight excluding hydrogens is 382 g/mol. The molecule has 0 unspecified atom stereocenters. The fourth-order valence-corrected chi connectivity index (χ4v) is 4.02.